The van der Waals surface area contributed by atoms with Crippen molar-refractivity contribution >= 4 is 29.7 Å². The van der Waals surface area contributed by atoms with Gasteiger partial charge in [-0.1, -0.05) is 24.3 Å². The van der Waals surface area contributed by atoms with E-state index in [0.717, 1.165) is 42.0 Å². The Morgan fingerprint density at radius 2 is 2.00 bits per heavy atom. The quantitative estimate of drug-likeness (QED) is 0.458. The van der Waals surface area contributed by atoms with E-state index in [1.165, 1.54) is 16.5 Å². The van der Waals surface area contributed by atoms with Crippen LogP contribution < -0.4 is 20.2 Å². The number of halogens is 1. The molecule has 0 spiro atoms. The SMILES string of the molecule is OCCCOc1ccc([C@H]2c3[nH]c4c(c3CCN2c2ncccn2)=CC(Cl)CC=4)cc1. The first-order valence-corrected chi connectivity index (χ1v) is 11.1. The lowest BCUT2D eigenvalue weighted by Crippen LogP contribution is -2.39. The highest BCUT2D eigenvalue weighted by atomic mass is 35.5. The number of hydrogen-bond acceptors (Lipinski definition) is 5. The van der Waals surface area contributed by atoms with E-state index in [1.54, 1.807) is 12.4 Å². The summed E-state index contributed by atoms with van der Waals surface area (Å²) in [6.45, 7) is 1.45. The second kappa shape index (κ2) is 8.73. The van der Waals surface area contributed by atoms with Crippen LogP contribution in [0.3, 0.4) is 0 Å². The smallest absolute Gasteiger partial charge is 0.226 e. The van der Waals surface area contributed by atoms with Gasteiger partial charge in [0, 0.05) is 48.2 Å². The van der Waals surface area contributed by atoms with Crippen molar-refractivity contribution in [1.82, 2.24) is 15.0 Å². The highest BCUT2D eigenvalue weighted by molar-refractivity contribution is 6.24. The van der Waals surface area contributed by atoms with Gasteiger partial charge in [0.15, 0.2) is 0 Å². The van der Waals surface area contributed by atoms with Gasteiger partial charge in [-0.05, 0) is 42.2 Å². The lowest BCUT2D eigenvalue weighted by molar-refractivity contribution is 0.233. The van der Waals surface area contributed by atoms with Crippen LogP contribution in [0.2, 0.25) is 0 Å². The Morgan fingerprint density at radius 1 is 1.19 bits per heavy atom. The van der Waals surface area contributed by atoms with E-state index in [9.17, 15) is 0 Å². The van der Waals surface area contributed by atoms with Crippen molar-refractivity contribution in [3.05, 3.63) is 70.1 Å². The molecule has 0 amide bonds. The van der Waals surface area contributed by atoms with Gasteiger partial charge in [0.1, 0.15) is 5.75 Å². The van der Waals surface area contributed by atoms with Crippen LogP contribution in [-0.4, -0.2) is 45.2 Å². The molecular weight excluding hydrogens is 412 g/mol. The number of ether oxygens (including phenoxy) is 1. The summed E-state index contributed by atoms with van der Waals surface area (Å²) in [5.41, 5.74) is 3.65. The maximum absolute atomic E-state index is 8.96. The van der Waals surface area contributed by atoms with E-state index in [-0.39, 0.29) is 18.0 Å². The number of rotatable bonds is 6. The molecule has 1 unspecified atom stereocenters. The molecule has 3 heterocycles. The van der Waals surface area contributed by atoms with Crippen LogP contribution in [0, 0.1) is 0 Å². The van der Waals surface area contributed by atoms with Gasteiger partial charge in [0.05, 0.1) is 18.0 Å². The van der Waals surface area contributed by atoms with Gasteiger partial charge < -0.3 is 19.7 Å². The summed E-state index contributed by atoms with van der Waals surface area (Å²) < 4.78 is 5.72. The van der Waals surface area contributed by atoms with Crippen LogP contribution in [0.5, 0.6) is 5.75 Å². The number of aromatic nitrogens is 3. The molecule has 7 heteroatoms. The Labute approximate surface area is 185 Å². The second-order valence-electron chi connectivity index (χ2n) is 7.86. The molecule has 3 aromatic rings. The molecule has 0 saturated heterocycles. The molecule has 0 bridgehead atoms. The summed E-state index contributed by atoms with van der Waals surface area (Å²) in [7, 11) is 0. The fourth-order valence-corrected chi connectivity index (χ4v) is 4.66. The lowest BCUT2D eigenvalue weighted by atomic mass is 9.92. The summed E-state index contributed by atoms with van der Waals surface area (Å²) in [6, 6.07) is 9.98. The number of fused-ring (bicyclic) bond motifs is 3. The molecule has 31 heavy (non-hydrogen) atoms. The first-order valence-electron chi connectivity index (χ1n) is 10.7. The van der Waals surface area contributed by atoms with Crippen LogP contribution in [0.25, 0.3) is 12.2 Å². The highest BCUT2D eigenvalue weighted by Gasteiger charge is 2.33. The van der Waals surface area contributed by atoms with Crippen LogP contribution >= 0.6 is 11.6 Å². The number of aromatic amines is 1. The Kier molecular flexibility index (Phi) is 5.66. The van der Waals surface area contributed by atoms with Crippen molar-refractivity contribution < 1.29 is 9.84 Å². The second-order valence-corrected chi connectivity index (χ2v) is 8.42. The van der Waals surface area contributed by atoms with E-state index < -0.39 is 0 Å². The minimum Gasteiger partial charge on any atom is -0.494 e. The number of aliphatic hydroxyl groups excluding tert-OH is 1. The molecule has 2 aromatic heterocycles. The number of nitrogens with zero attached hydrogens (tertiary/aromatic N) is 3. The van der Waals surface area contributed by atoms with Crippen molar-refractivity contribution in [3.63, 3.8) is 0 Å². The Bertz CT molecular complexity index is 1160. The Balaban J connectivity index is 1.57. The van der Waals surface area contributed by atoms with Gasteiger partial charge in [-0.3, -0.25) is 0 Å². The van der Waals surface area contributed by atoms with Crippen molar-refractivity contribution in [1.29, 1.82) is 0 Å². The molecule has 0 saturated carbocycles. The summed E-state index contributed by atoms with van der Waals surface area (Å²) in [4.78, 5) is 15.0. The molecule has 2 atom stereocenters. The molecule has 1 aromatic carbocycles. The minimum absolute atomic E-state index is 0.0289. The topological polar surface area (TPSA) is 74.3 Å². The highest BCUT2D eigenvalue weighted by Crippen LogP contribution is 2.35. The fourth-order valence-electron chi connectivity index (χ4n) is 4.45. The molecule has 0 radical (unpaired) electrons. The molecule has 1 aliphatic heterocycles. The molecule has 160 valence electrons. The number of anilines is 1. The normalized spacial score (nSPS) is 19.7. The standard InChI is InChI=1S/C24H25ClN4O2/c25-17-5-8-21-20(15-17)19-9-12-29(24-26-10-1-11-27-24)23(22(19)28-21)16-3-6-18(7-4-16)31-14-2-13-30/h1,3-4,6-8,10-11,15,17,23,28,30H,2,5,9,12-14H2/t17?,23-/m0/s1. The van der Waals surface area contributed by atoms with Crippen molar-refractivity contribution in [2.45, 2.75) is 30.7 Å². The maximum Gasteiger partial charge on any atom is 0.226 e. The van der Waals surface area contributed by atoms with Crippen molar-refractivity contribution in [3.8, 4) is 5.75 Å². The monoisotopic (exact) mass is 436 g/mol. The van der Waals surface area contributed by atoms with Gasteiger partial charge in [0.25, 0.3) is 0 Å². The molecular formula is C24H25ClN4O2. The van der Waals surface area contributed by atoms with Crippen LogP contribution in [0.1, 0.15) is 35.7 Å². The average Bonchev–Trinajstić information content (AvgIpc) is 3.17. The van der Waals surface area contributed by atoms with Gasteiger partial charge >= 0.3 is 0 Å². The molecule has 6 nitrogen and oxygen atoms in total. The first-order chi connectivity index (χ1) is 15.2. The zero-order valence-electron chi connectivity index (χ0n) is 17.2. The summed E-state index contributed by atoms with van der Waals surface area (Å²) in [5.74, 6) is 1.52. The van der Waals surface area contributed by atoms with E-state index in [2.05, 4.69) is 44.1 Å². The van der Waals surface area contributed by atoms with E-state index in [1.807, 2.05) is 18.2 Å². The minimum atomic E-state index is -0.0289. The fraction of sp³-hybridized carbons (Fsp3) is 0.333. The van der Waals surface area contributed by atoms with Crippen LogP contribution in [0.15, 0.2) is 42.7 Å². The average molecular weight is 437 g/mol. The van der Waals surface area contributed by atoms with Gasteiger partial charge in [-0.15, -0.1) is 11.6 Å². The third kappa shape index (κ3) is 3.93. The molecule has 0 fully saturated rings. The van der Waals surface area contributed by atoms with Crippen LogP contribution in [0.4, 0.5) is 5.95 Å². The summed E-state index contributed by atoms with van der Waals surface area (Å²) in [6.07, 6.45) is 10.3. The summed E-state index contributed by atoms with van der Waals surface area (Å²) >= 11 is 6.43. The van der Waals surface area contributed by atoms with E-state index in [4.69, 9.17) is 21.4 Å². The number of alkyl halides is 1. The third-order valence-corrected chi connectivity index (χ3v) is 6.17. The van der Waals surface area contributed by atoms with Crippen molar-refractivity contribution in [2.24, 2.45) is 0 Å². The molecule has 2 N–H and O–H groups in total. The van der Waals surface area contributed by atoms with Gasteiger partial charge in [0.2, 0.25) is 5.95 Å². The third-order valence-electron chi connectivity index (χ3n) is 5.87. The summed E-state index contributed by atoms with van der Waals surface area (Å²) in [5, 5.41) is 11.4. The van der Waals surface area contributed by atoms with Crippen molar-refractivity contribution in [2.75, 3.05) is 24.7 Å². The zero-order valence-corrected chi connectivity index (χ0v) is 17.9. The maximum atomic E-state index is 8.96. The Morgan fingerprint density at radius 3 is 2.77 bits per heavy atom. The lowest BCUT2D eigenvalue weighted by Gasteiger charge is -2.36. The molecule has 2 aliphatic rings. The van der Waals surface area contributed by atoms with E-state index in [0.29, 0.717) is 13.0 Å². The number of H-pyrrole nitrogens is 1. The first kappa shape index (κ1) is 20.1. The van der Waals surface area contributed by atoms with Gasteiger partial charge in [-0.25, -0.2) is 9.97 Å². The number of benzene rings is 1. The number of hydrogen-bond donors (Lipinski definition) is 2. The van der Waals surface area contributed by atoms with Gasteiger partial charge in [-0.2, -0.15) is 0 Å². The molecule has 5 rings (SSSR count). The number of aliphatic hydroxyl groups is 1. The number of nitrogens with one attached hydrogen (secondary N) is 1. The zero-order chi connectivity index (χ0) is 21.2. The van der Waals surface area contributed by atoms with E-state index >= 15 is 0 Å². The molecule has 1 aliphatic carbocycles. The largest absolute Gasteiger partial charge is 0.494 e. The Hall–Kier alpha value is -2.83. The predicted molar refractivity (Wildman–Crippen MR) is 122 cm³/mol. The van der Waals surface area contributed by atoms with Crippen LogP contribution in [-0.2, 0) is 6.42 Å². The predicted octanol–water partition coefficient (Wildman–Crippen LogP) is 2.29.